The molecule has 0 heterocycles. The number of hydrogen-bond acceptors (Lipinski definition) is 2. The second kappa shape index (κ2) is 6.53. The van der Waals surface area contributed by atoms with E-state index in [4.69, 9.17) is 4.74 Å². The Bertz CT molecular complexity index is 352. The molecule has 0 radical (unpaired) electrons. The third-order valence-corrected chi connectivity index (χ3v) is 3.58. The fourth-order valence-electron chi connectivity index (χ4n) is 2.04. The van der Waals surface area contributed by atoms with Gasteiger partial charge in [-0.3, -0.25) is 0 Å². The van der Waals surface area contributed by atoms with Crippen molar-refractivity contribution >= 4 is 15.9 Å². The summed E-state index contributed by atoms with van der Waals surface area (Å²) in [6.07, 6.45) is 3.76. The lowest BCUT2D eigenvalue weighted by molar-refractivity contribution is 0.150. The van der Waals surface area contributed by atoms with E-state index >= 15 is 0 Å². The first kappa shape index (κ1) is 13.1. The molecule has 1 aliphatic rings. The van der Waals surface area contributed by atoms with Crippen molar-refractivity contribution in [2.24, 2.45) is 5.92 Å². The van der Waals surface area contributed by atoms with Gasteiger partial charge in [0, 0.05) is 24.2 Å². The molecule has 1 unspecified atom stereocenters. The van der Waals surface area contributed by atoms with E-state index in [1.807, 2.05) is 0 Å². The van der Waals surface area contributed by atoms with E-state index in [0.717, 1.165) is 30.1 Å². The maximum Gasteiger partial charge on any atom is 0.0505 e. The van der Waals surface area contributed by atoms with E-state index in [9.17, 15) is 0 Å². The number of benzene rings is 1. The molecule has 1 N–H and O–H groups in total. The van der Waals surface area contributed by atoms with Crippen molar-refractivity contribution in [2.45, 2.75) is 25.3 Å². The van der Waals surface area contributed by atoms with Gasteiger partial charge in [0.25, 0.3) is 0 Å². The van der Waals surface area contributed by atoms with Crippen LogP contribution in [0, 0.1) is 5.92 Å². The van der Waals surface area contributed by atoms with Crippen LogP contribution in [0.2, 0.25) is 0 Å². The van der Waals surface area contributed by atoms with Crippen molar-refractivity contribution in [3.8, 4) is 0 Å². The van der Waals surface area contributed by atoms with Crippen molar-refractivity contribution in [3.63, 3.8) is 0 Å². The maximum absolute atomic E-state index is 5.31. The number of halogens is 1. The van der Waals surface area contributed by atoms with Gasteiger partial charge < -0.3 is 10.1 Å². The van der Waals surface area contributed by atoms with Crippen LogP contribution in [0.3, 0.4) is 0 Å². The molecule has 1 aliphatic carbocycles. The summed E-state index contributed by atoms with van der Waals surface area (Å²) in [4.78, 5) is 0. The summed E-state index contributed by atoms with van der Waals surface area (Å²) in [6, 6.07) is 9.32. The topological polar surface area (TPSA) is 21.3 Å². The van der Waals surface area contributed by atoms with Crippen LogP contribution >= 0.6 is 15.9 Å². The molecule has 1 atom stereocenters. The molecular formula is C14H20BrNO. The molecular weight excluding hydrogens is 278 g/mol. The molecule has 0 saturated heterocycles. The maximum atomic E-state index is 5.31. The smallest absolute Gasteiger partial charge is 0.0505 e. The Balaban J connectivity index is 1.86. The summed E-state index contributed by atoms with van der Waals surface area (Å²) in [6.45, 7) is 1.89. The van der Waals surface area contributed by atoms with E-state index < -0.39 is 0 Å². The third-order valence-electron chi connectivity index (χ3n) is 3.09. The first-order chi connectivity index (χ1) is 8.28. The summed E-state index contributed by atoms with van der Waals surface area (Å²) in [7, 11) is 1.78. The number of nitrogens with one attached hydrogen (secondary N) is 1. The first-order valence-electron chi connectivity index (χ1n) is 6.24. The van der Waals surface area contributed by atoms with Crippen LogP contribution < -0.4 is 5.32 Å². The molecule has 0 bridgehead atoms. The van der Waals surface area contributed by atoms with Crippen LogP contribution in [-0.2, 0) is 11.2 Å². The highest BCUT2D eigenvalue weighted by molar-refractivity contribution is 9.10. The van der Waals surface area contributed by atoms with Crippen LogP contribution in [0.25, 0.3) is 0 Å². The number of rotatable bonds is 7. The highest BCUT2D eigenvalue weighted by Crippen LogP contribution is 2.20. The number of methoxy groups -OCH3 is 1. The van der Waals surface area contributed by atoms with Gasteiger partial charge in [0.1, 0.15) is 0 Å². The van der Waals surface area contributed by atoms with Gasteiger partial charge in [-0.25, -0.2) is 0 Å². The van der Waals surface area contributed by atoms with E-state index in [1.54, 1.807) is 7.11 Å². The van der Waals surface area contributed by atoms with E-state index in [1.165, 1.54) is 18.4 Å². The Kier molecular flexibility index (Phi) is 5.01. The average molecular weight is 298 g/mol. The molecule has 0 amide bonds. The summed E-state index contributed by atoms with van der Waals surface area (Å²) in [5.41, 5.74) is 1.37. The van der Waals surface area contributed by atoms with Crippen LogP contribution in [-0.4, -0.2) is 26.3 Å². The summed E-state index contributed by atoms with van der Waals surface area (Å²) in [5, 5.41) is 3.58. The van der Waals surface area contributed by atoms with Gasteiger partial charge in [0.05, 0.1) is 6.61 Å². The lowest BCUT2D eigenvalue weighted by Crippen LogP contribution is -2.28. The fraction of sp³-hybridized carbons (Fsp3) is 0.571. The second-order valence-corrected chi connectivity index (χ2v) is 5.75. The Labute approximate surface area is 112 Å². The predicted octanol–water partition coefficient (Wildman–Crippen LogP) is 3.01. The van der Waals surface area contributed by atoms with Gasteiger partial charge in [0.15, 0.2) is 0 Å². The van der Waals surface area contributed by atoms with E-state index in [2.05, 4.69) is 45.5 Å². The quantitative estimate of drug-likeness (QED) is 0.835. The minimum atomic E-state index is 0.565. The van der Waals surface area contributed by atoms with Crippen LogP contribution in [0.15, 0.2) is 28.7 Å². The van der Waals surface area contributed by atoms with Crippen LogP contribution in [0.5, 0.6) is 0 Å². The zero-order valence-electron chi connectivity index (χ0n) is 10.3. The fourth-order valence-corrected chi connectivity index (χ4v) is 2.49. The normalized spacial score (nSPS) is 17.1. The predicted molar refractivity (Wildman–Crippen MR) is 74.2 cm³/mol. The molecule has 17 heavy (non-hydrogen) atoms. The molecule has 3 heteroatoms. The number of hydrogen-bond donors (Lipinski definition) is 1. The lowest BCUT2D eigenvalue weighted by atomic mass is 10.00. The molecule has 0 aliphatic heterocycles. The highest BCUT2D eigenvalue weighted by atomic mass is 79.9. The van der Waals surface area contributed by atoms with Crippen molar-refractivity contribution < 1.29 is 4.74 Å². The Hall–Kier alpha value is -0.380. The molecule has 1 aromatic carbocycles. The minimum absolute atomic E-state index is 0.565. The molecule has 1 saturated carbocycles. The van der Waals surface area contributed by atoms with E-state index in [0.29, 0.717) is 5.92 Å². The monoisotopic (exact) mass is 297 g/mol. The second-order valence-electron chi connectivity index (χ2n) is 4.84. The van der Waals surface area contributed by atoms with Gasteiger partial charge in [-0.1, -0.05) is 28.1 Å². The first-order valence-corrected chi connectivity index (χ1v) is 7.04. The standard InChI is InChI=1S/C14H20BrNO/c1-17-10-12(9-16-14-5-6-14)7-11-3-2-4-13(15)8-11/h2-4,8,12,14,16H,5-7,9-10H2,1H3. The molecule has 1 fully saturated rings. The van der Waals surface area contributed by atoms with Crippen molar-refractivity contribution in [2.75, 3.05) is 20.3 Å². The van der Waals surface area contributed by atoms with Crippen molar-refractivity contribution in [3.05, 3.63) is 34.3 Å². The summed E-state index contributed by atoms with van der Waals surface area (Å²) in [5.74, 6) is 0.565. The third kappa shape index (κ3) is 4.78. The summed E-state index contributed by atoms with van der Waals surface area (Å²) >= 11 is 3.52. The largest absolute Gasteiger partial charge is 0.384 e. The lowest BCUT2D eigenvalue weighted by Gasteiger charge is -2.17. The highest BCUT2D eigenvalue weighted by Gasteiger charge is 2.21. The van der Waals surface area contributed by atoms with Gasteiger partial charge in [-0.2, -0.15) is 0 Å². The summed E-state index contributed by atoms with van der Waals surface area (Å²) < 4.78 is 6.46. The molecule has 1 aromatic rings. The van der Waals surface area contributed by atoms with Crippen molar-refractivity contribution in [1.29, 1.82) is 0 Å². The molecule has 2 rings (SSSR count). The van der Waals surface area contributed by atoms with Gasteiger partial charge in [-0.15, -0.1) is 0 Å². The van der Waals surface area contributed by atoms with Crippen molar-refractivity contribution in [1.82, 2.24) is 5.32 Å². The van der Waals surface area contributed by atoms with Gasteiger partial charge in [-0.05, 0) is 42.9 Å². The molecule has 0 aromatic heterocycles. The number of ether oxygens (including phenoxy) is 1. The van der Waals surface area contributed by atoms with Crippen LogP contribution in [0.1, 0.15) is 18.4 Å². The Morgan fingerprint density at radius 1 is 1.47 bits per heavy atom. The molecule has 94 valence electrons. The van der Waals surface area contributed by atoms with Crippen LogP contribution in [0.4, 0.5) is 0 Å². The Morgan fingerprint density at radius 3 is 2.94 bits per heavy atom. The van der Waals surface area contributed by atoms with Gasteiger partial charge in [0.2, 0.25) is 0 Å². The average Bonchev–Trinajstić information content (AvgIpc) is 3.10. The zero-order valence-corrected chi connectivity index (χ0v) is 11.9. The van der Waals surface area contributed by atoms with E-state index in [-0.39, 0.29) is 0 Å². The zero-order chi connectivity index (χ0) is 12.1. The molecule has 0 spiro atoms. The Morgan fingerprint density at radius 2 is 2.29 bits per heavy atom. The molecule has 2 nitrogen and oxygen atoms in total. The van der Waals surface area contributed by atoms with Gasteiger partial charge >= 0.3 is 0 Å². The SMILES string of the molecule is COCC(CNC1CC1)Cc1cccc(Br)c1. The minimum Gasteiger partial charge on any atom is -0.384 e.